The first kappa shape index (κ1) is 11.0. The SMILES string of the molecule is CNC(=O)OCc1cccc([N+](=O)[O-])c1. The van der Waals surface area contributed by atoms with Crippen LogP contribution in [0.3, 0.4) is 0 Å². The van der Waals surface area contributed by atoms with Crippen LogP contribution in [-0.2, 0) is 11.3 Å². The van der Waals surface area contributed by atoms with E-state index in [0.717, 1.165) is 0 Å². The van der Waals surface area contributed by atoms with Crippen LogP contribution in [0.5, 0.6) is 0 Å². The number of benzene rings is 1. The van der Waals surface area contributed by atoms with Crippen LogP contribution in [0.2, 0.25) is 0 Å². The molecule has 0 saturated carbocycles. The number of non-ortho nitro benzene ring substituents is 1. The summed E-state index contributed by atoms with van der Waals surface area (Å²) < 4.78 is 4.74. The Hall–Kier alpha value is -2.11. The van der Waals surface area contributed by atoms with Gasteiger partial charge >= 0.3 is 6.09 Å². The maximum atomic E-state index is 10.7. The molecule has 1 aromatic rings. The first-order valence-corrected chi connectivity index (χ1v) is 4.21. The molecule has 1 N–H and O–H groups in total. The lowest BCUT2D eigenvalue weighted by Gasteiger charge is -2.03. The van der Waals surface area contributed by atoms with Crippen molar-refractivity contribution in [2.24, 2.45) is 0 Å². The quantitative estimate of drug-likeness (QED) is 0.604. The normalized spacial score (nSPS) is 9.40. The zero-order chi connectivity index (χ0) is 11.3. The van der Waals surface area contributed by atoms with Gasteiger partial charge in [0.05, 0.1) is 4.92 Å². The van der Waals surface area contributed by atoms with E-state index in [-0.39, 0.29) is 12.3 Å². The minimum absolute atomic E-state index is 0.0152. The molecule has 0 fully saturated rings. The average molecular weight is 210 g/mol. The summed E-state index contributed by atoms with van der Waals surface area (Å²) >= 11 is 0. The highest BCUT2D eigenvalue weighted by Crippen LogP contribution is 2.13. The molecule has 1 amide bonds. The third kappa shape index (κ3) is 3.26. The van der Waals surface area contributed by atoms with Gasteiger partial charge < -0.3 is 10.1 Å². The topological polar surface area (TPSA) is 81.5 Å². The van der Waals surface area contributed by atoms with Crippen LogP contribution >= 0.6 is 0 Å². The van der Waals surface area contributed by atoms with E-state index in [1.807, 2.05) is 0 Å². The first-order valence-electron chi connectivity index (χ1n) is 4.21. The molecule has 0 atom stereocenters. The predicted octanol–water partition coefficient (Wildman–Crippen LogP) is 1.45. The van der Waals surface area contributed by atoms with Gasteiger partial charge in [-0.05, 0) is 5.56 Å². The molecule has 0 aliphatic carbocycles. The molecule has 0 radical (unpaired) electrons. The number of amides is 1. The highest BCUT2D eigenvalue weighted by molar-refractivity contribution is 5.66. The second-order valence-electron chi connectivity index (χ2n) is 2.75. The predicted molar refractivity (Wildman–Crippen MR) is 52.3 cm³/mol. The number of rotatable bonds is 3. The number of nitro benzene ring substituents is 1. The van der Waals surface area contributed by atoms with Crippen LogP contribution in [0.15, 0.2) is 24.3 Å². The highest BCUT2D eigenvalue weighted by Gasteiger charge is 2.06. The van der Waals surface area contributed by atoms with Gasteiger partial charge in [-0.1, -0.05) is 12.1 Å². The van der Waals surface area contributed by atoms with Crippen molar-refractivity contribution in [2.75, 3.05) is 7.05 Å². The van der Waals surface area contributed by atoms with Crippen LogP contribution in [0.4, 0.5) is 10.5 Å². The second kappa shape index (κ2) is 4.94. The Kier molecular flexibility index (Phi) is 3.61. The largest absolute Gasteiger partial charge is 0.445 e. The van der Waals surface area contributed by atoms with Gasteiger partial charge in [0.15, 0.2) is 0 Å². The van der Waals surface area contributed by atoms with Crippen molar-refractivity contribution in [3.63, 3.8) is 0 Å². The fraction of sp³-hybridized carbons (Fsp3) is 0.222. The number of carbonyl (C=O) groups excluding carboxylic acids is 1. The van der Waals surface area contributed by atoms with Crippen LogP contribution in [0.25, 0.3) is 0 Å². The summed E-state index contributed by atoms with van der Waals surface area (Å²) in [6.07, 6.45) is -0.568. The molecule has 0 aliphatic rings. The van der Waals surface area contributed by atoms with Crippen molar-refractivity contribution in [3.8, 4) is 0 Å². The number of nitrogens with one attached hydrogen (secondary N) is 1. The summed E-state index contributed by atoms with van der Waals surface area (Å²) in [6.45, 7) is 0.0152. The summed E-state index contributed by atoms with van der Waals surface area (Å²) in [4.78, 5) is 20.7. The monoisotopic (exact) mass is 210 g/mol. The van der Waals surface area contributed by atoms with Gasteiger partial charge in [0.25, 0.3) is 5.69 Å². The molecule has 1 rings (SSSR count). The number of ether oxygens (including phenoxy) is 1. The zero-order valence-corrected chi connectivity index (χ0v) is 8.10. The van der Waals surface area contributed by atoms with Gasteiger partial charge in [-0.3, -0.25) is 10.1 Å². The summed E-state index contributed by atoms with van der Waals surface area (Å²) in [7, 11) is 1.44. The fourth-order valence-corrected chi connectivity index (χ4v) is 0.981. The first-order chi connectivity index (χ1) is 7.13. The van der Waals surface area contributed by atoms with Crippen molar-refractivity contribution in [3.05, 3.63) is 39.9 Å². The van der Waals surface area contributed by atoms with Gasteiger partial charge in [-0.25, -0.2) is 4.79 Å². The van der Waals surface area contributed by atoms with E-state index >= 15 is 0 Å². The Balaban J connectivity index is 2.66. The molecule has 15 heavy (non-hydrogen) atoms. The Morgan fingerprint density at radius 1 is 1.60 bits per heavy atom. The lowest BCUT2D eigenvalue weighted by atomic mass is 10.2. The molecule has 80 valence electrons. The lowest BCUT2D eigenvalue weighted by molar-refractivity contribution is -0.384. The molecule has 0 aliphatic heterocycles. The molecular weight excluding hydrogens is 200 g/mol. The molecule has 0 bridgehead atoms. The molecule has 0 spiro atoms. The maximum Gasteiger partial charge on any atom is 0.407 e. The molecular formula is C9H10N2O4. The molecule has 6 nitrogen and oxygen atoms in total. The van der Waals surface area contributed by atoms with E-state index < -0.39 is 11.0 Å². The van der Waals surface area contributed by atoms with E-state index in [2.05, 4.69) is 5.32 Å². The summed E-state index contributed by atoms with van der Waals surface area (Å²) in [5.74, 6) is 0. The van der Waals surface area contributed by atoms with Gasteiger partial charge in [0, 0.05) is 19.2 Å². The number of alkyl carbamates (subject to hydrolysis) is 1. The Morgan fingerprint density at radius 2 is 2.33 bits per heavy atom. The third-order valence-corrected chi connectivity index (χ3v) is 1.70. The summed E-state index contributed by atoms with van der Waals surface area (Å²) in [5.41, 5.74) is 0.556. The van der Waals surface area contributed by atoms with Gasteiger partial charge in [0.2, 0.25) is 0 Å². The number of hydrogen-bond donors (Lipinski definition) is 1. The van der Waals surface area contributed by atoms with Crippen molar-refractivity contribution >= 4 is 11.8 Å². The number of carbonyl (C=O) groups is 1. The second-order valence-corrected chi connectivity index (χ2v) is 2.75. The average Bonchev–Trinajstić information content (AvgIpc) is 2.26. The van der Waals surface area contributed by atoms with Gasteiger partial charge in [-0.15, -0.1) is 0 Å². The Labute approximate surface area is 86.0 Å². The number of nitro groups is 1. The molecule has 0 saturated heterocycles. The van der Waals surface area contributed by atoms with Gasteiger partial charge in [0.1, 0.15) is 6.61 Å². The molecule has 0 heterocycles. The summed E-state index contributed by atoms with van der Waals surface area (Å²) in [6, 6.07) is 5.93. The maximum absolute atomic E-state index is 10.7. The van der Waals surface area contributed by atoms with E-state index in [4.69, 9.17) is 4.74 Å². The minimum Gasteiger partial charge on any atom is -0.445 e. The van der Waals surface area contributed by atoms with Crippen LogP contribution in [-0.4, -0.2) is 18.1 Å². The van der Waals surface area contributed by atoms with E-state index in [0.29, 0.717) is 5.56 Å². The number of nitrogens with zero attached hydrogens (tertiary/aromatic N) is 1. The Bertz CT molecular complexity index is 378. The van der Waals surface area contributed by atoms with E-state index in [9.17, 15) is 14.9 Å². The molecule has 6 heteroatoms. The van der Waals surface area contributed by atoms with Crippen LogP contribution in [0.1, 0.15) is 5.56 Å². The third-order valence-electron chi connectivity index (χ3n) is 1.70. The standard InChI is InChI=1S/C9H10N2O4/c1-10-9(12)15-6-7-3-2-4-8(5-7)11(13)14/h2-5H,6H2,1H3,(H,10,12). The molecule has 0 unspecified atom stereocenters. The lowest BCUT2D eigenvalue weighted by Crippen LogP contribution is -2.18. The van der Waals surface area contributed by atoms with Crippen molar-refractivity contribution in [1.82, 2.24) is 5.32 Å². The highest BCUT2D eigenvalue weighted by atomic mass is 16.6. The van der Waals surface area contributed by atoms with Crippen molar-refractivity contribution in [1.29, 1.82) is 0 Å². The number of hydrogen-bond acceptors (Lipinski definition) is 4. The Morgan fingerprint density at radius 3 is 2.93 bits per heavy atom. The minimum atomic E-state index is -0.568. The molecule has 0 aromatic heterocycles. The van der Waals surface area contributed by atoms with Gasteiger partial charge in [-0.2, -0.15) is 0 Å². The van der Waals surface area contributed by atoms with Crippen LogP contribution in [0, 0.1) is 10.1 Å². The van der Waals surface area contributed by atoms with Crippen molar-refractivity contribution in [2.45, 2.75) is 6.61 Å². The zero-order valence-electron chi connectivity index (χ0n) is 8.10. The molecule has 1 aromatic carbocycles. The summed E-state index contributed by atoms with van der Waals surface area (Å²) in [5, 5.41) is 12.7. The fourth-order valence-electron chi connectivity index (χ4n) is 0.981. The smallest absolute Gasteiger partial charge is 0.407 e. The van der Waals surface area contributed by atoms with E-state index in [1.54, 1.807) is 12.1 Å². The van der Waals surface area contributed by atoms with Crippen LogP contribution < -0.4 is 5.32 Å². The van der Waals surface area contributed by atoms with E-state index in [1.165, 1.54) is 19.2 Å². The van der Waals surface area contributed by atoms with Crippen molar-refractivity contribution < 1.29 is 14.5 Å².